The number of anilines is 1. The highest BCUT2D eigenvalue weighted by atomic mass is 79.9. The van der Waals surface area contributed by atoms with Crippen molar-refractivity contribution in [2.45, 2.75) is 13.0 Å². The Morgan fingerprint density at radius 1 is 0.909 bits per heavy atom. The molecule has 4 aromatic rings. The van der Waals surface area contributed by atoms with Crippen LogP contribution in [-0.2, 0) is 13.0 Å². The third-order valence-corrected chi connectivity index (χ3v) is 6.51. The van der Waals surface area contributed by atoms with Crippen molar-refractivity contribution in [1.29, 1.82) is 0 Å². The van der Waals surface area contributed by atoms with Crippen LogP contribution in [0.5, 0.6) is 5.75 Å². The maximum absolute atomic E-state index is 12.8. The molecular formula is C26H21BrN2O3S. The number of carbonyl (C=O) groups excluding carboxylic acids is 2. The number of nitrogens with one attached hydrogen (secondary N) is 1. The number of hydrogen-bond donors (Lipinski definition) is 2. The molecule has 3 aromatic carbocycles. The number of thiophene rings is 1. The van der Waals surface area contributed by atoms with Crippen LogP contribution in [0.25, 0.3) is 0 Å². The van der Waals surface area contributed by atoms with Crippen LogP contribution in [0.1, 0.15) is 36.7 Å². The number of benzene rings is 3. The van der Waals surface area contributed by atoms with E-state index < -0.39 is 5.91 Å². The minimum absolute atomic E-state index is 0.300. The number of rotatable bonds is 8. The molecule has 0 atom stereocenters. The Labute approximate surface area is 204 Å². The fraction of sp³-hybridized carbons (Fsp3) is 0.0769. The molecule has 1 heterocycles. The lowest BCUT2D eigenvalue weighted by atomic mass is 10.1. The molecule has 0 bridgehead atoms. The fourth-order valence-electron chi connectivity index (χ4n) is 3.23. The molecule has 3 N–H and O–H groups in total. The molecular weight excluding hydrogens is 500 g/mol. The number of primary amides is 1. The second-order valence-electron chi connectivity index (χ2n) is 7.38. The topological polar surface area (TPSA) is 81.4 Å². The molecule has 0 aliphatic carbocycles. The summed E-state index contributed by atoms with van der Waals surface area (Å²) in [5.74, 6) is -0.102. The highest BCUT2D eigenvalue weighted by molar-refractivity contribution is 9.10. The molecule has 2 amide bonds. The van der Waals surface area contributed by atoms with Gasteiger partial charge in [-0.3, -0.25) is 9.59 Å². The summed E-state index contributed by atoms with van der Waals surface area (Å²) < 4.78 is 6.75. The van der Waals surface area contributed by atoms with Crippen molar-refractivity contribution in [3.8, 4) is 5.75 Å². The Balaban J connectivity index is 1.42. The van der Waals surface area contributed by atoms with Crippen molar-refractivity contribution >= 4 is 44.1 Å². The van der Waals surface area contributed by atoms with Gasteiger partial charge in [0.05, 0.1) is 5.56 Å². The van der Waals surface area contributed by atoms with Gasteiger partial charge in [-0.05, 0) is 53.6 Å². The van der Waals surface area contributed by atoms with Gasteiger partial charge in [-0.1, -0.05) is 58.4 Å². The molecule has 166 valence electrons. The van der Waals surface area contributed by atoms with Crippen LogP contribution in [0.15, 0.2) is 89.4 Å². The maximum Gasteiger partial charge on any atom is 0.256 e. The van der Waals surface area contributed by atoms with Crippen LogP contribution >= 0.6 is 27.3 Å². The van der Waals surface area contributed by atoms with E-state index >= 15 is 0 Å². The summed E-state index contributed by atoms with van der Waals surface area (Å²) in [5, 5.41) is 3.30. The first-order valence-electron chi connectivity index (χ1n) is 10.2. The Kier molecular flexibility index (Phi) is 7.22. The quantitative estimate of drug-likeness (QED) is 0.297. The maximum atomic E-state index is 12.8. The predicted molar refractivity (Wildman–Crippen MR) is 135 cm³/mol. The Morgan fingerprint density at radius 3 is 2.27 bits per heavy atom. The molecule has 0 unspecified atom stereocenters. The highest BCUT2D eigenvalue weighted by Crippen LogP contribution is 2.30. The van der Waals surface area contributed by atoms with Gasteiger partial charge in [0.25, 0.3) is 11.8 Å². The average Bonchev–Trinajstić information content (AvgIpc) is 3.22. The second kappa shape index (κ2) is 10.5. The van der Waals surface area contributed by atoms with Crippen molar-refractivity contribution in [1.82, 2.24) is 0 Å². The lowest BCUT2D eigenvalue weighted by molar-refractivity contribution is 0.100. The SMILES string of the molecule is NC(=O)c1cc(Cc2ccccc2)sc1NC(=O)c1ccc(COc2ccc(Br)cc2)cc1. The van der Waals surface area contributed by atoms with Crippen molar-refractivity contribution in [2.75, 3.05) is 5.32 Å². The smallest absolute Gasteiger partial charge is 0.256 e. The third kappa shape index (κ3) is 6.09. The zero-order valence-corrected chi connectivity index (χ0v) is 20.0. The summed E-state index contributed by atoms with van der Waals surface area (Å²) >= 11 is 4.76. The third-order valence-electron chi connectivity index (χ3n) is 4.93. The van der Waals surface area contributed by atoms with E-state index in [-0.39, 0.29) is 5.91 Å². The van der Waals surface area contributed by atoms with Gasteiger partial charge in [-0.25, -0.2) is 0 Å². The van der Waals surface area contributed by atoms with E-state index in [1.54, 1.807) is 18.2 Å². The van der Waals surface area contributed by atoms with Gasteiger partial charge in [0, 0.05) is 21.3 Å². The van der Waals surface area contributed by atoms with E-state index in [1.807, 2.05) is 66.7 Å². The molecule has 5 nitrogen and oxygen atoms in total. The first-order valence-corrected chi connectivity index (χ1v) is 11.8. The standard InChI is InChI=1S/C26H21BrN2O3S/c27-20-10-12-21(13-11-20)32-16-18-6-8-19(9-7-18)25(31)29-26-23(24(28)30)15-22(33-26)14-17-4-2-1-3-5-17/h1-13,15H,14,16H2,(H2,28,30)(H,29,31). The number of hydrogen-bond acceptors (Lipinski definition) is 4. The second-order valence-corrected chi connectivity index (χ2v) is 9.43. The highest BCUT2D eigenvalue weighted by Gasteiger charge is 2.17. The molecule has 0 aliphatic rings. The van der Waals surface area contributed by atoms with Crippen molar-refractivity contribution in [2.24, 2.45) is 5.73 Å². The van der Waals surface area contributed by atoms with E-state index in [0.29, 0.717) is 29.2 Å². The molecule has 0 spiro atoms. The zero-order valence-electron chi connectivity index (χ0n) is 17.6. The first kappa shape index (κ1) is 22.8. The minimum atomic E-state index is -0.568. The van der Waals surface area contributed by atoms with Gasteiger partial charge in [0.15, 0.2) is 0 Å². The summed E-state index contributed by atoms with van der Waals surface area (Å²) in [6, 6.07) is 26.4. The molecule has 7 heteroatoms. The largest absolute Gasteiger partial charge is 0.489 e. The fourth-order valence-corrected chi connectivity index (χ4v) is 4.58. The molecule has 0 aliphatic heterocycles. The van der Waals surface area contributed by atoms with Gasteiger partial charge in [0.1, 0.15) is 17.4 Å². The molecule has 4 rings (SSSR count). The predicted octanol–water partition coefficient (Wildman–Crippen LogP) is 6.03. The van der Waals surface area contributed by atoms with Gasteiger partial charge < -0.3 is 15.8 Å². The molecule has 1 aromatic heterocycles. The zero-order chi connectivity index (χ0) is 23.2. The Bertz CT molecular complexity index is 1250. The van der Waals surface area contributed by atoms with Gasteiger partial charge >= 0.3 is 0 Å². The average molecular weight is 521 g/mol. The summed E-state index contributed by atoms with van der Waals surface area (Å²) in [6.45, 7) is 0.392. The number of ether oxygens (including phenoxy) is 1. The molecule has 0 fully saturated rings. The van der Waals surface area contributed by atoms with E-state index in [9.17, 15) is 9.59 Å². The summed E-state index contributed by atoms with van der Waals surface area (Å²) in [4.78, 5) is 25.7. The van der Waals surface area contributed by atoms with E-state index in [4.69, 9.17) is 10.5 Å². The van der Waals surface area contributed by atoms with Crippen molar-refractivity contribution < 1.29 is 14.3 Å². The van der Waals surface area contributed by atoms with Crippen LogP contribution < -0.4 is 15.8 Å². The molecule has 0 saturated carbocycles. The summed E-state index contributed by atoms with van der Waals surface area (Å²) in [7, 11) is 0. The Morgan fingerprint density at radius 2 is 1.61 bits per heavy atom. The number of carbonyl (C=O) groups is 2. The number of halogens is 1. The Hall–Kier alpha value is -3.42. The number of amides is 2. The van der Waals surface area contributed by atoms with E-state index in [2.05, 4.69) is 21.2 Å². The summed E-state index contributed by atoms with van der Waals surface area (Å²) in [6.07, 6.45) is 0.661. The molecule has 33 heavy (non-hydrogen) atoms. The number of nitrogens with two attached hydrogens (primary N) is 1. The molecule has 0 radical (unpaired) electrons. The van der Waals surface area contributed by atoms with Gasteiger partial charge in [-0.2, -0.15) is 0 Å². The van der Waals surface area contributed by atoms with Crippen LogP contribution in [-0.4, -0.2) is 11.8 Å². The van der Waals surface area contributed by atoms with Crippen LogP contribution in [0.3, 0.4) is 0 Å². The normalized spacial score (nSPS) is 10.6. The van der Waals surface area contributed by atoms with E-state index in [1.165, 1.54) is 11.3 Å². The van der Waals surface area contributed by atoms with Crippen molar-refractivity contribution in [3.05, 3.63) is 117 Å². The first-order chi connectivity index (χ1) is 16.0. The summed E-state index contributed by atoms with van der Waals surface area (Å²) in [5.41, 5.74) is 8.40. The lowest BCUT2D eigenvalue weighted by Gasteiger charge is -2.08. The van der Waals surface area contributed by atoms with Crippen molar-refractivity contribution in [3.63, 3.8) is 0 Å². The van der Waals surface area contributed by atoms with E-state index in [0.717, 1.165) is 26.2 Å². The monoisotopic (exact) mass is 520 g/mol. The lowest BCUT2D eigenvalue weighted by Crippen LogP contribution is -2.16. The molecule has 0 saturated heterocycles. The van der Waals surface area contributed by atoms with Crippen LogP contribution in [0.2, 0.25) is 0 Å². The van der Waals surface area contributed by atoms with Gasteiger partial charge in [0.2, 0.25) is 0 Å². The van der Waals surface area contributed by atoms with Crippen LogP contribution in [0.4, 0.5) is 5.00 Å². The van der Waals surface area contributed by atoms with Gasteiger partial charge in [-0.15, -0.1) is 11.3 Å². The van der Waals surface area contributed by atoms with Crippen LogP contribution in [0, 0.1) is 0 Å². The minimum Gasteiger partial charge on any atom is -0.489 e.